The lowest BCUT2D eigenvalue weighted by molar-refractivity contribution is -0.117. The standard InChI is InChI=1S/C20H23N5O/c1-4-15-7-9-16(10-8-15)12-17(19-22-24-25-23-19)20(26)21-18-11-13(2)5-6-14(18)3/h5-11,17H,4,12H2,1-3H3,(H,21,26)(H,22,23,24,25)/t17-/m1/s1. The third-order valence-corrected chi connectivity index (χ3v) is 4.51. The quantitative estimate of drug-likeness (QED) is 0.715. The zero-order valence-corrected chi connectivity index (χ0v) is 15.3. The first-order valence-corrected chi connectivity index (χ1v) is 8.76. The van der Waals surface area contributed by atoms with Crippen molar-refractivity contribution in [2.75, 3.05) is 5.32 Å². The number of hydrogen-bond acceptors (Lipinski definition) is 4. The molecule has 0 radical (unpaired) electrons. The monoisotopic (exact) mass is 349 g/mol. The van der Waals surface area contributed by atoms with Crippen LogP contribution in [0.5, 0.6) is 0 Å². The Labute approximate surface area is 153 Å². The van der Waals surface area contributed by atoms with Gasteiger partial charge in [0.25, 0.3) is 0 Å². The summed E-state index contributed by atoms with van der Waals surface area (Å²) in [7, 11) is 0. The number of carbonyl (C=O) groups excluding carboxylic acids is 1. The van der Waals surface area contributed by atoms with E-state index in [0.29, 0.717) is 12.2 Å². The number of tetrazole rings is 1. The van der Waals surface area contributed by atoms with Crippen molar-refractivity contribution in [3.63, 3.8) is 0 Å². The molecule has 0 saturated heterocycles. The normalized spacial score (nSPS) is 12.0. The maximum atomic E-state index is 13.0. The lowest BCUT2D eigenvalue weighted by Gasteiger charge is -2.16. The molecular formula is C20H23N5O. The van der Waals surface area contributed by atoms with Crippen LogP contribution in [0.15, 0.2) is 42.5 Å². The summed E-state index contributed by atoms with van der Waals surface area (Å²) in [5, 5.41) is 17.2. The van der Waals surface area contributed by atoms with Crippen molar-refractivity contribution in [3.8, 4) is 0 Å². The van der Waals surface area contributed by atoms with Crippen molar-refractivity contribution < 1.29 is 4.79 Å². The van der Waals surface area contributed by atoms with Crippen LogP contribution in [0, 0.1) is 13.8 Å². The van der Waals surface area contributed by atoms with Gasteiger partial charge in [-0.05, 0) is 55.0 Å². The molecule has 1 amide bonds. The first kappa shape index (κ1) is 17.8. The number of nitrogens with one attached hydrogen (secondary N) is 2. The second-order valence-corrected chi connectivity index (χ2v) is 6.50. The highest BCUT2D eigenvalue weighted by atomic mass is 16.1. The summed E-state index contributed by atoms with van der Waals surface area (Å²) in [4.78, 5) is 13.0. The molecule has 26 heavy (non-hydrogen) atoms. The van der Waals surface area contributed by atoms with Gasteiger partial charge in [0.05, 0.1) is 0 Å². The van der Waals surface area contributed by atoms with Crippen LogP contribution in [-0.2, 0) is 17.6 Å². The van der Waals surface area contributed by atoms with E-state index >= 15 is 0 Å². The van der Waals surface area contributed by atoms with E-state index in [0.717, 1.165) is 28.8 Å². The van der Waals surface area contributed by atoms with Crippen LogP contribution in [0.2, 0.25) is 0 Å². The molecule has 0 aliphatic rings. The van der Waals surface area contributed by atoms with Crippen LogP contribution >= 0.6 is 0 Å². The molecular weight excluding hydrogens is 326 g/mol. The predicted molar refractivity (Wildman–Crippen MR) is 101 cm³/mol. The Morgan fingerprint density at radius 2 is 1.85 bits per heavy atom. The van der Waals surface area contributed by atoms with E-state index in [1.807, 2.05) is 32.0 Å². The van der Waals surface area contributed by atoms with E-state index in [2.05, 4.69) is 57.1 Å². The molecule has 0 aliphatic carbocycles. The number of carbonyl (C=O) groups is 1. The molecule has 0 bridgehead atoms. The van der Waals surface area contributed by atoms with E-state index in [1.165, 1.54) is 5.56 Å². The molecule has 134 valence electrons. The zero-order valence-electron chi connectivity index (χ0n) is 15.3. The van der Waals surface area contributed by atoms with Crippen molar-refractivity contribution >= 4 is 11.6 Å². The highest BCUT2D eigenvalue weighted by molar-refractivity contribution is 5.96. The Bertz CT molecular complexity index is 872. The van der Waals surface area contributed by atoms with Crippen molar-refractivity contribution in [2.45, 2.75) is 39.5 Å². The molecule has 2 aromatic carbocycles. The minimum Gasteiger partial charge on any atom is -0.325 e. The van der Waals surface area contributed by atoms with Gasteiger partial charge in [-0.3, -0.25) is 4.79 Å². The number of H-pyrrole nitrogens is 1. The molecule has 1 aromatic heterocycles. The van der Waals surface area contributed by atoms with Crippen LogP contribution < -0.4 is 5.32 Å². The Morgan fingerprint density at radius 1 is 1.12 bits per heavy atom. The minimum atomic E-state index is -0.513. The van der Waals surface area contributed by atoms with Crippen molar-refractivity contribution in [1.29, 1.82) is 0 Å². The molecule has 0 fully saturated rings. The first-order valence-electron chi connectivity index (χ1n) is 8.76. The molecule has 1 atom stereocenters. The molecule has 3 aromatic rings. The average Bonchev–Trinajstić information content (AvgIpc) is 3.17. The molecule has 2 N–H and O–H groups in total. The van der Waals surface area contributed by atoms with Gasteiger partial charge in [0, 0.05) is 5.69 Å². The Kier molecular flexibility index (Phi) is 5.41. The third kappa shape index (κ3) is 4.14. The Balaban J connectivity index is 1.83. The van der Waals surface area contributed by atoms with E-state index in [1.54, 1.807) is 0 Å². The summed E-state index contributed by atoms with van der Waals surface area (Å²) in [6, 6.07) is 14.3. The number of aryl methyl sites for hydroxylation is 3. The van der Waals surface area contributed by atoms with Gasteiger partial charge in [-0.25, -0.2) is 0 Å². The lowest BCUT2D eigenvalue weighted by Crippen LogP contribution is -2.24. The summed E-state index contributed by atoms with van der Waals surface area (Å²) in [6.07, 6.45) is 1.50. The van der Waals surface area contributed by atoms with Gasteiger partial charge in [-0.15, -0.1) is 10.2 Å². The van der Waals surface area contributed by atoms with Crippen LogP contribution in [-0.4, -0.2) is 26.5 Å². The molecule has 0 unspecified atom stereocenters. The van der Waals surface area contributed by atoms with Gasteiger partial charge in [-0.2, -0.15) is 5.21 Å². The SMILES string of the molecule is CCc1ccc(C[C@@H](C(=O)Nc2cc(C)ccc2C)c2nn[nH]n2)cc1. The number of amides is 1. The predicted octanol–water partition coefficient (Wildman–Crippen LogP) is 3.34. The third-order valence-electron chi connectivity index (χ3n) is 4.51. The highest BCUT2D eigenvalue weighted by Crippen LogP contribution is 2.22. The zero-order chi connectivity index (χ0) is 18.5. The van der Waals surface area contributed by atoms with Gasteiger partial charge >= 0.3 is 0 Å². The maximum absolute atomic E-state index is 13.0. The van der Waals surface area contributed by atoms with Gasteiger partial charge in [0.15, 0.2) is 5.82 Å². The summed E-state index contributed by atoms with van der Waals surface area (Å²) in [5.74, 6) is -0.256. The van der Waals surface area contributed by atoms with Crippen LogP contribution in [0.3, 0.4) is 0 Å². The van der Waals surface area contributed by atoms with E-state index < -0.39 is 5.92 Å². The van der Waals surface area contributed by atoms with Gasteiger partial charge in [0.2, 0.25) is 5.91 Å². The van der Waals surface area contributed by atoms with Crippen LogP contribution in [0.1, 0.15) is 40.9 Å². The van der Waals surface area contributed by atoms with E-state index in [4.69, 9.17) is 0 Å². The molecule has 0 aliphatic heterocycles. The number of anilines is 1. The fourth-order valence-corrected chi connectivity index (χ4v) is 2.86. The lowest BCUT2D eigenvalue weighted by atomic mass is 9.96. The Hall–Kier alpha value is -3.02. The largest absolute Gasteiger partial charge is 0.325 e. The molecule has 0 saturated carbocycles. The first-order chi connectivity index (χ1) is 12.6. The summed E-state index contributed by atoms with van der Waals surface area (Å²) in [6.45, 7) is 6.09. The second-order valence-electron chi connectivity index (χ2n) is 6.50. The number of benzene rings is 2. The highest BCUT2D eigenvalue weighted by Gasteiger charge is 2.25. The summed E-state index contributed by atoms with van der Waals surface area (Å²) < 4.78 is 0. The van der Waals surface area contributed by atoms with Crippen LogP contribution in [0.25, 0.3) is 0 Å². The van der Waals surface area contributed by atoms with Gasteiger partial charge in [0.1, 0.15) is 5.92 Å². The molecule has 1 heterocycles. The average molecular weight is 349 g/mol. The fraction of sp³-hybridized carbons (Fsp3) is 0.300. The molecule has 6 nitrogen and oxygen atoms in total. The van der Waals surface area contributed by atoms with Gasteiger partial charge in [-0.1, -0.05) is 48.5 Å². The van der Waals surface area contributed by atoms with Gasteiger partial charge < -0.3 is 5.32 Å². The van der Waals surface area contributed by atoms with Crippen molar-refractivity contribution in [1.82, 2.24) is 20.6 Å². The van der Waals surface area contributed by atoms with Crippen molar-refractivity contribution in [3.05, 3.63) is 70.5 Å². The minimum absolute atomic E-state index is 0.139. The van der Waals surface area contributed by atoms with E-state index in [9.17, 15) is 4.79 Å². The number of rotatable bonds is 6. The number of hydrogen-bond donors (Lipinski definition) is 2. The Morgan fingerprint density at radius 3 is 2.50 bits per heavy atom. The van der Waals surface area contributed by atoms with Crippen molar-refractivity contribution in [2.24, 2.45) is 0 Å². The summed E-state index contributed by atoms with van der Waals surface area (Å²) >= 11 is 0. The molecule has 6 heteroatoms. The van der Waals surface area contributed by atoms with E-state index in [-0.39, 0.29) is 5.91 Å². The topological polar surface area (TPSA) is 83.6 Å². The fourth-order valence-electron chi connectivity index (χ4n) is 2.86. The molecule has 3 rings (SSSR count). The number of nitrogens with zero attached hydrogens (tertiary/aromatic N) is 3. The number of aromatic nitrogens is 4. The second kappa shape index (κ2) is 7.91. The smallest absolute Gasteiger partial charge is 0.235 e. The molecule has 0 spiro atoms. The number of aromatic amines is 1. The maximum Gasteiger partial charge on any atom is 0.235 e. The van der Waals surface area contributed by atoms with Crippen LogP contribution in [0.4, 0.5) is 5.69 Å². The summed E-state index contributed by atoms with van der Waals surface area (Å²) in [5.41, 5.74) is 5.25.